The number of aromatic nitrogens is 2. The number of anilines is 2. The lowest BCUT2D eigenvalue weighted by Gasteiger charge is -2.23. The molecule has 1 aliphatic heterocycles. The van der Waals surface area contributed by atoms with Crippen molar-refractivity contribution in [3.05, 3.63) is 76.5 Å². The first-order chi connectivity index (χ1) is 15.4. The fraction of sp³-hybridized carbons (Fsp3) is 0.240. The van der Waals surface area contributed by atoms with E-state index in [2.05, 4.69) is 32.7 Å². The summed E-state index contributed by atoms with van der Waals surface area (Å²) in [5, 5.41) is 6.72. The molecule has 1 unspecified atom stereocenters. The lowest BCUT2D eigenvalue weighted by Crippen LogP contribution is -2.23. The van der Waals surface area contributed by atoms with Crippen LogP contribution in [0.4, 0.5) is 15.9 Å². The van der Waals surface area contributed by atoms with E-state index >= 15 is 4.39 Å². The number of nitrogens with zero attached hydrogens (tertiary/aromatic N) is 2. The highest BCUT2D eigenvalue weighted by Gasteiger charge is 2.44. The van der Waals surface area contributed by atoms with E-state index in [9.17, 15) is 4.79 Å². The molecule has 5 rings (SSSR count). The molecule has 1 aromatic carbocycles. The molecular weight excluding hydrogens is 427 g/mol. The number of allylic oxidation sites excluding steroid dienone is 1. The summed E-state index contributed by atoms with van der Waals surface area (Å²) < 4.78 is 15.5. The van der Waals surface area contributed by atoms with Crippen molar-refractivity contribution >= 4 is 34.5 Å². The van der Waals surface area contributed by atoms with Crippen LogP contribution in [0.2, 0.25) is 5.02 Å². The number of hydrogen-bond donors (Lipinski definition) is 2. The van der Waals surface area contributed by atoms with Gasteiger partial charge in [-0.3, -0.25) is 9.78 Å². The van der Waals surface area contributed by atoms with Gasteiger partial charge < -0.3 is 10.6 Å². The number of halogens is 2. The second-order valence-electron chi connectivity index (χ2n) is 8.29. The van der Waals surface area contributed by atoms with Crippen LogP contribution in [-0.2, 0) is 5.41 Å². The third-order valence-electron chi connectivity index (χ3n) is 6.46. The Balaban J connectivity index is 1.65. The molecule has 1 atom stereocenters. The Morgan fingerprint density at radius 1 is 1.25 bits per heavy atom. The molecule has 3 heterocycles. The summed E-state index contributed by atoms with van der Waals surface area (Å²) in [6.45, 7) is 2.04. The first-order valence-corrected chi connectivity index (χ1v) is 10.9. The molecule has 2 aliphatic rings. The van der Waals surface area contributed by atoms with E-state index in [4.69, 9.17) is 11.6 Å². The summed E-state index contributed by atoms with van der Waals surface area (Å²) in [4.78, 5) is 20.9. The van der Waals surface area contributed by atoms with Crippen molar-refractivity contribution in [2.75, 3.05) is 24.2 Å². The molecule has 1 spiro atoms. The third-order valence-corrected chi connectivity index (χ3v) is 6.85. The van der Waals surface area contributed by atoms with E-state index in [-0.39, 0.29) is 22.3 Å². The fourth-order valence-electron chi connectivity index (χ4n) is 4.88. The fourth-order valence-corrected chi connectivity index (χ4v) is 5.31. The van der Waals surface area contributed by atoms with Gasteiger partial charge in [-0.25, -0.2) is 9.37 Å². The molecule has 0 radical (unpaired) electrons. The van der Waals surface area contributed by atoms with Crippen molar-refractivity contribution in [2.24, 2.45) is 0 Å². The maximum absolute atomic E-state index is 15.5. The smallest absolute Gasteiger partial charge is 0.164 e. The van der Waals surface area contributed by atoms with Crippen LogP contribution in [-0.4, -0.2) is 29.3 Å². The maximum Gasteiger partial charge on any atom is 0.164 e. The van der Waals surface area contributed by atoms with Gasteiger partial charge in [0.1, 0.15) is 11.6 Å². The summed E-state index contributed by atoms with van der Waals surface area (Å²) in [6.07, 6.45) is 9.23. The molecule has 32 heavy (non-hydrogen) atoms. The molecule has 3 aromatic rings. The van der Waals surface area contributed by atoms with E-state index in [1.54, 1.807) is 31.6 Å². The second-order valence-corrected chi connectivity index (χ2v) is 8.66. The Bertz CT molecular complexity index is 1270. The molecule has 5 nitrogen and oxygen atoms in total. The van der Waals surface area contributed by atoms with E-state index < -0.39 is 5.82 Å². The number of benzene rings is 1. The number of hydrogen-bond acceptors (Lipinski definition) is 5. The van der Waals surface area contributed by atoms with Crippen molar-refractivity contribution in [2.45, 2.75) is 25.2 Å². The van der Waals surface area contributed by atoms with Gasteiger partial charge in [-0.1, -0.05) is 23.7 Å². The first-order valence-electron chi connectivity index (χ1n) is 10.5. The molecule has 1 aliphatic carbocycles. The predicted octanol–water partition coefficient (Wildman–Crippen LogP) is 5.72. The zero-order valence-electron chi connectivity index (χ0n) is 17.8. The van der Waals surface area contributed by atoms with Crippen LogP contribution >= 0.6 is 11.6 Å². The van der Waals surface area contributed by atoms with Gasteiger partial charge in [0, 0.05) is 60.0 Å². The van der Waals surface area contributed by atoms with Crippen LogP contribution in [0.1, 0.15) is 41.3 Å². The quantitative estimate of drug-likeness (QED) is 0.499. The van der Waals surface area contributed by atoms with Crippen molar-refractivity contribution in [3.63, 3.8) is 0 Å². The summed E-state index contributed by atoms with van der Waals surface area (Å²) in [5.41, 5.74) is 4.11. The minimum absolute atomic E-state index is 0.0222. The average Bonchev–Trinajstić information content (AvgIpc) is 3.39. The molecular formula is C25H22ClFN4O. The number of nitrogens with one attached hydrogen (secondary N) is 2. The highest BCUT2D eigenvalue weighted by Crippen LogP contribution is 2.52. The number of carbonyl (C=O) groups excluding carboxylic acids is 1. The Morgan fingerprint density at radius 3 is 2.81 bits per heavy atom. The Morgan fingerprint density at radius 2 is 2.09 bits per heavy atom. The lowest BCUT2D eigenvalue weighted by molar-refractivity contribution is 0.101. The standard InChI is InChI=1S/C25H22ClFN4O/c1-14(32)20-19(28-2)6-5-17(23(20)27)18-12-30-24-21(22(18)26)25(13-31-24)8-7-15(10-25)16-4-3-9-29-11-16/h3-6,9-12,28H,7-8,13H2,1-2H3,(H,30,31). The highest BCUT2D eigenvalue weighted by molar-refractivity contribution is 6.34. The van der Waals surface area contributed by atoms with E-state index in [0.717, 1.165) is 29.8 Å². The summed E-state index contributed by atoms with van der Waals surface area (Å²) >= 11 is 6.94. The molecule has 7 heteroatoms. The number of Topliss-reactive ketones (excluding diaryl/α,β-unsaturated/α-hetero) is 1. The average molecular weight is 449 g/mol. The van der Waals surface area contributed by atoms with Crippen LogP contribution in [0.5, 0.6) is 0 Å². The zero-order chi connectivity index (χ0) is 22.5. The molecule has 162 valence electrons. The summed E-state index contributed by atoms with van der Waals surface area (Å²) in [6, 6.07) is 7.32. The molecule has 0 fully saturated rings. The first kappa shape index (κ1) is 20.6. The SMILES string of the molecule is CNc1ccc(-c2cnc3c(c2Cl)C2(C=C(c4cccnc4)CC2)CN3)c(F)c1C(C)=O. The number of carbonyl (C=O) groups is 1. The minimum Gasteiger partial charge on any atom is -0.387 e. The van der Waals surface area contributed by atoms with Crippen molar-refractivity contribution in [3.8, 4) is 11.1 Å². The summed E-state index contributed by atoms with van der Waals surface area (Å²) in [5.74, 6) is -0.218. The van der Waals surface area contributed by atoms with Crippen LogP contribution in [0.3, 0.4) is 0 Å². The molecule has 0 bridgehead atoms. The molecule has 0 saturated heterocycles. The van der Waals surface area contributed by atoms with E-state index in [0.29, 0.717) is 22.8 Å². The minimum atomic E-state index is -0.592. The predicted molar refractivity (Wildman–Crippen MR) is 126 cm³/mol. The van der Waals surface area contributed by atoms with Crippen molar-refractivity contribution in [1.82, 2.24) is 9.97 Å². The van der Waals surface area contributed by atoms with Gasteiger partial charge in [0.2, 0.25) is 0 Å². The van der Waals surface area contributed by atoms with Gasteiger partial charge in [0.05, 0.1) is 10.6 Å². The Labute approximate surface area is 190 Å². The zero-order valence-corrected chi connectivity index (χ0v) is 18.6. The van der Waals surface area contributed by atoms with Gasteiger partial charge in [0.15, 0.2) is 5.78 Å². The van der Waals surface area contributed by atoms with Crippen molar-refractivity contribution < 1.29 is 9.18 Å². The Kier molecular flexibility index (Phi) is 4.97. The van der Waals surface area contributed by atoms with Crippen LogP contribution in [0.25, 0.3) is 16.7 Å². The van der Waals surface area contributed by atoms with E-state index in [1.165, 1.54) is 12.5 Å². The number of ketones is 1. The van der Waals surface area contributed by atoms with Crippen molar-refractivity contribution in [1.29, 1.82) is 0 Å². The monoisotopic (exact) mass is 448 g/mol. The summed E-state index contributed by atoms with van der Waals surface area (Å²) in [7, 11) is 1.66. The normalized spacial score (nSPS) is 18.9. The topological polar surface area (TPSA) is 66.9 Å². The number of fused-ring (bicyclic) bond motifs is 2. The van der Waals surface area contributed by atoms with Crippen LogP contribution in [0, 0.1) is 5.82 Å². The number of rotatable bonds is 4. The molecule has 2 N–H and O–H groups in total. The number of pyridine rings is 2. The van der Waals surface area contributed by atoms with Crippen LogP contribution < -0.4 is 10.6 Å². The maximum atomic E-state index is 15.5. The lowest BCUT2D eigenvalue weighted by atomic mass is 9.81. The molecule has 0 amide bonds. The van der Waals surface area contributed by atoms with E-state index in [1.807, 2.05) is 12.3 Å². The van der Waals surface area contributed by atoms with Gasteiger partial charge >= 0.3 is 0 Å². The molecule has 0 saturated carbocycles. The third kappa shape index (κ3) is 3.09. The van der Waals surface area contributed by atoms with Crippen LogP contribution in [0.15, 0.2) is 48.9 Å². The second kappa shape index (κ2) is 7.71. The van der Waals surface area contributed by atoms with Gasteiger partial charge in [-0.05, 0) is 49.1 Å². The largest absolute Gasteiger partial charge is 0.387 e. The Hall–Kier alpha value is -3.25. The highest BCUT2D eigenvalue weighted by atomic mass is 35.5. The van der Waals surface area contributed by atoms with Gasteiger partial charge in [-0.2, -0.15) is 0 Å². The van der Waals surface area contributed by atoms with Gasteiger partial charge in [-0.15, -0.1) is 0 Å². The van der Waals surface area contributed by atoms with Gasteiger partial charge in [0.25, 0.3) is 0 Å². The molecule has 2 aromatic heterocycles.